The van der Waals surface area contributed by atoms with Crippen molar-refractivity contribution >= 4 is 32.9 Å². The summed E-state index contributed by atoms with van der Waals surface area (Å²) in [4.78, 5) is 12.6. The molecule has 0 spiro atoms. The van der Waals surface area contributed by atoms with Crippen LogP contribution in [0, 0.1) is 0 Å². The van der Waals surface area contributed by atoms with Crippen LogP contribution in [0.4, 0.5) is 0 Å². The first-order chi connectivity index (χ1) is 13.3. The Morgan fingerprint density at radius 1 is 1.00 bits per heavy atom. The number of rotatable bonds is 3. The van der Waals surface area contributed by atoms with Gasteiger partial charge in [-0.1, -0.05) is 11.6 Å². The topological polar surface area (TPSA) is 113 Å². The highest BCUT2D eigenvalue weighted by Gasteiger charge is 2.24. The number of aromatic hydroxyl groups is 3. The number of hydrogen-bond acceptors (Lipinski definition) is 7. The molecule has 7 nitrogen and oxygen atoms in total. The van der Waals surface area contributed by atoms with E-state index in [1.807, 2.05) is 19.9 Å². The Bertz CT molecular complexity index is 1330. The average molecular weight is 382 g/mol. The molecular formula is C21H18O7. The summed E-state index contributed by atoms with van der Waals surface area (Å²) in [6, 6.07) is 3.76. The van der Waals surface area contributed by atoms with Crippen LogP contribution in [-0.4, -0.2) is 22.4 Å². The number of furan rings is 1. The molecule has 0 atom stereocenters. The molecule has 4 aromatic rings. The van der Waals surface area contributed by atoms with Crippen molar-refractivity contribution in [3.63, 3.8) is 0 Å². The number of phenols is 3. The maximum Gasteiger partial charge on any atom is 0.348 e. The van der Waals surface area contributed by atoms with E-state index in [1.54, 1.807) is 0 Å². The fourth-order valence-electron chi connectivity index (χ4n) is 3.38. The van der Waals surface area contributed by atoms with E-state index in [-0.39, 0.29) is 50.2 Å². The van der Waals surface area contributed by atoms with Crippen molar-refractivity contribution in [2.75, 3.05) is 7.11 Å². The number of allylic oxidation sites excluding steroid dienone is 2. The molecule has 0 saturated carbocycles. The Morgan fingerprint density at radius 3 is 2.39 bits per heavy atom. The van der Waals surface area contributed by atoms with Crippen LogP contribution in [0.25, 0.3) is 32.9 Å². The lowest BCUT2D eigenvalue weighted by Gasteiger charge is -2.08. The molecule has 0 unspecified atom stereocenters. The van der Waals surface area contributed by atoms with Crippen molar-refractivity contribution in [1.82, 2.24) is 0 Å². The van der Waals surface area contributed by atoms with Gasteiger partial charge < -0.3 is 28.9 Å². The van der Waals surface area contributed by atoms with E-state index >= 15 is 0 Å². The summed E-state index contributed by atoms with van der Waals surface area (Å²) in [5.74, 6) is -0.342. The van der Waals surface area contributed by atoms with Crippen molar-refractivity contribution in [1.29, 1.82) is 0 Å². The summed E-state index contributed by atoms with van der Waals surface area (Å²) in [5.41, 5.74) is 1.31. The molecule has 0 fully saturated rings. The molecule has 0 aliphatic carbocycles. The lowest BCUT2D eigenvalue weighted by atomic mass is 10.0. The lowest BCUT2D eigenvalue weighted by Crippen LogP contribution is -1.99. The SMILES string of the molecule is COc1cc(O)c2c(oc3c4c(O)cc(O)cc4oc(=O)c32)c1CC=C(C)C. The maximum absolute atomic E-state index is 12.6. The first-order valence-electron chi connectivity index (χ1n) is 8.59. The highest BCUT2D eigenvalue weighted by atomic mass is 16.5. The molecule has 0 aliphatic heterocycles. The van der Waals surface area contributed by atoms with Crippen LogP contribution < -0.4 is 10.4 Å². The highest BCUT2D eigenvalue weighted by molar-refractivity contribution is 6.17. The van der Waals surface area contributed by atoms with Gasteiger partial charge in [0, 0.05) is 23.8 Å². The van der Waals surface area contributed by atoms with E-state index in [9.17, 15) is 20.1 Å². The molecule has 0 saturated heterocycles. The quantitative estimate of drug-likeness (QED) is 0.357. The zero-order valence-electron chi connectivity index (χ0n) is 15.5. The van der Waals surface area contributed by atoms with Gasteiger partial charge in [0.2, 0.25) is 0 Å². The highest BCUT2D eigenvalue weighted by Crippen LogP contribution is 2.44. The minimum absolute atomic E-state index is 0.0158. The van der Waals surface area contributed by atoms with E-state index in [4.69, 9.17) is 13.6 Å². The van der Waals surface area contributed by atoms with Gasteiger partial charge in [-0.05, 0) is 20.3 Å². The minimum Gasteiger partial charge on any atom is -0.508 e. The molecule has 144 valence electrons. The molecule has 7 heteroatoms. The number of hydrogen-bond donors (Lipinski definition) is 3. The number of phenolic OH excluding ortho intramolecular Hbond substituents is 3. The zero-order chi connectivity index (χ0) is 20.2. The van der Waals surface area contributed by atoms with Gasteiger partial charge in [-0.2, -0.15) is 0 Å². The molecule has 3 N–H and O–H groups in total. The molecular weight excluding hydrogens is 364 g/mol. The van der Waals surface area contributed by atoms with Crippen LogP contribution >= 0.6 is 0 Å². The molecule has 0 aliphatic rings. The van der Waals surface area contributed by atoms with Crippen LogP contribution in [-0.2, 0) is 6.42 Å². The van der Waals surface area contributed by atoms with Gasteiger partial charge in [-0.3, -0.25) is 0 Å². The summed E-state index contributed by atoms with van der Waals surface area (Å²) >= 11 is 0. The molecule has 2 aromatic heterocycles. The normalized spacial score (nSPS) is 11.4. The predicted molar refractivity (Wildman–Crippen MR) is 104 cm³/mol. The summed E-state index contributed by atoms with van der Waals surface area (Å²) < 4.78 is 16.6. The molecule has 4 rings (SSSR count). The predicted octanol–water partition coefficient (Wildman–Crippen LogP) is 4.33. The third-order valence-electron chi connectivity index (χ3n) is 4.64. The second-order valence-corrected chi connectivity index (χ2v) is 6.80. The van der Waals surface area contributed by atoms with Gasteiger partial charge in [0.05, 0.1) is 12.5 Å². The molecule has 0 bridgehead atoms. The third-order valence-corrected chi connectivity index (χ3v) is 4.64. The molecule has 28 heavy (non-hydrogen) atoms. The monoisotopic (exact) mass is 382 g/mol. The first-order valence-corrected chi connectivity index (χ1v) is 8.59. The Morgan fingerprint density at radius 2 is 1.71 bits per heavy atom. The van der Waals surface area contributed by atoms with Gasteiger partial charge in [0.15, 0.2) is 5.58 Å². The molecule has 2 heterocycles. The second-order valence-electron chi connectivity index (χ2n) is 6.80. The van der Waals surface area contributed by atoms with Crippen LogP contribution in [0.3, 0.4) is 0 Å². The minimum atomic E-state index is -0.750. The van der Waals surface area contributed by atoms with Crippen molar-refractivity contribution in [2.45, 2.75) is 20.3 Å². The fraction of sp³-hybridized carbons (Fsp3) is 0.190. The maximum atomic E-state index is 12.6. The van der Waals surface area contributed by atoms with Gasteiger partial charge in [0.1, 0.15) is 44.9 Å². The van der Waals surface area contributed by atoms with E-state index in [2.05, 4.69) is 0 Å². The van der Waals surface area contributed by atoms with E-state index in [0.29, 0.717) is 17.7 Å². The Balaban J connectivity index is 2.24. The number of fused-ring (bicyclic) bond motifs is 5. The standard InChI is InChI=1S/C21H18O7/c1-9(2)4-5-11-14(26-3)8-13(24)17-18-20(28-19(11)17)16-12(23)6-10(22)7-15(16)27-21(18)25/h4,6-8,22-24H,5H2,1-3H3. The summed E-state index contributed by atoms with van der Waals surface area (Å²) in [6.07, 6.45) is 2.43. The van der Waals surface area contributed by atoms with Crippen molar-refractivity contribution in [2.24, 2.45) is 0 Å². The van der Waals surface area contributed by atoms with E-state index in [1.165, 1.54) is 19.2 Å². The largest absolute Gasteiger partial charge is 0.508 e. The van der Waals surface area contributed by atoms with Crippen LogP contribution in [0.2, 0.25) is 0 Å². The second kappa shape index (κ2) is 6.23. The smallest absolute Gasteiger partial charge is 0.348 e. The molecule has 0 radical (unpaired) electrons. The van der Waals surface area contributed by atoms with Crippen molar-refractivity contribution in [3.8, 4) is 23.0 Å². The Labute approximate surface area is 158 Å². The number of benzene rings is 2. The third kappa shape index (κ3) is 2.55. The van der Waals surface area contributed by atoms with E-state index < -0.39 is 5.63 Å². The molecule has 2 aromatic carbocycles. The average Bonchev–Trinajstić information content (AvgIpc) is 3.01. The first kappa shape index (κ1) is 17.8. The van der Waals surface area contributed by atoms with Crippen LogP contribution in [0.5, 0.6) is 23.0 Å². The van der Waals surface area contributed by atoms with Gasteiger partial charge in [-0.15, -0.1) is 0 Å². The summed E-state index contributed by atoms with van der Waals surface area (Å²) in [5, 5.41) is 30.9. The molecule has 0 amide bonds. The summed E-state index contributed by atoms with van der Waals surface area (Å²) in [7, 11) is 1.48. The number of methoxy groups -OCH3 is 1. The summed E-state index contributed by atoms with van der Waals surface area (Å²) in [6.45, 7) is 3.91. The van der Waals surface area contributed by atoms with Gasteiger partial charge in [0.25, 0.3) is 0 Å². The van der Waals surface area contributed by atoms with E-state index in [0.717, 1.165) is 11.6 Å². The fourth-order valence-corrected chi connectivity index (χ4v) is 3.38. The Kier molecular flexibility index (Phi) is 3.96. The van der Waals surface area contributed by atoms with Crippen LogP contribution in [0.15, 0.2) is 43.5 Å². The number of ether oxygens (including phenoxy) is 1. The van der Waals surface area contributed by atoms with Crippen molar-refractivity contribution in [3.05, 3.63) is 45.8 Å². The Hall–Kier alpha value is -3.61. The van der Waals surface area contributed by atoms with Crippen LogP contribution in [0.1, 0.15) is 19.4 Å². The lowest BCUT2D eigenvalue weighted by molar-refractivity contribution is 0.404. The van der Waals surface area contributed by atoms with Gasteiger partial charge in [-0.25, -0.2) is 4.79 Å². The zero-order valence-corrected chi connectivity index (χ0v) is 15.5. The van der Waals surface area contributed by atoms with Gasteiger partial charge >= 0.3 is 5.63 Å². The van der Waals surface area contributed by atoms with Crippen molar-refractivity contribution < 1.29 is 28.9 Å².